The first-order valence-corrected chi connectivity index (χ1v) is 7.77. The lowest BCUT2D eigenvalue weighted by atomic mass is 10.0. The number of pyridine rings is 1. The van der Waals surface area contributed by atoms with Gasteiger partial charge in [-0.3, -0.25) is 14.7 Å². The Bertz CT molecular complexity index is 594. The largest absolute Gasteiger partial charge is 0.439 e. The summed E-state index contributed by atoms with van der Waals surface area (Å²) >= 11 is 0. The molecule has 1 spiro atoms. The van der Waals surface area contributed by atoms with E-state index in [-0.39, 0.29) is 12.0 Å². The van der Waals surface area contributed by atoms with Crippen LogP contribution in [0.2, 0.25) is 0 Å². The number of likely N-dealkylation sites (N-methyl/N-ethyl adjacent to an activating group) is 2. The molecule has 1 atom stereocenters. The van der Waals surface area contributed by atoms with Crippen LogP contribution in [0.4, 0.5) is 4.79 Å². The number of carbonyl (C=O) groups excluding carboxylic acids is 2. The average Bonchev–Trinajstić information content (AvgIpc) is 3.03. The monoisotopic (exact) mass is 318 g/mol. The summed E-state index contributed by atoms with van der Waals surface area (Å²) in [7, 11) is 3.65. The van der Waals surface area contributed by atoms with Crippen LogP contribution in [0.5, 0.6) is 0 Å². The van der Waals surface area contributed by atoms with Gasteiger partial charge >= 0.3 is 6.09 Å². The van der Waals surface area contributed by atoms with Crippen molar-refractivity contribution in [3.8, 4) is 0 Å². The summed E-state index contributed by atoms with van der Waals surface area (Å²) < 4.78 is 5.48. The standard InChI is InChI=1S/C16H22N4O3/c1-18(9-13-3-6-17-7-4-13)10-14(21)20-8-5-16(12-20)11-19(2)15(22)23-16/h3-4,6-7H,5,8-12H2,1-2H3. The van der Waals surface area contributed by atoms with Crippen molar-refractivity contribution < 1.29 is 14.3 Å². The molecule has 124 valence electrons. The first-order valence-electron chi connectivity index (χ1n) is 7.77. The van der Waals surface area contributed by atoms with Gasteiger partial charge in [0, 0.05) is 39.0 Å². The minimum atomic E-state index is -0.509. The van der Waals surface area contributed by atoms with E-state index in [1.165, 1.54) is 0 Å². The van der Waals surface area contributed by atoms with Crippen molar-refractivity contribution in [3.63, 3.8) is 0 Å². The Labute approximate surface area is 135 Å². The second kappa shape index (κ2) is 6.16. The van der Waals surface area contributed by atoms with Gasteiger partial charge in [-0.05, 0) is 24.7 Å². The molecule has 0 bridgehead atoms. The molecule has 1 unspecified atom stereocenters. The second-order valence-corrected chi connectivity index (χ2v) is 6.50. The Hall–Kier alpha value is -2.15. The summed E-state index contributed by atoms with van der Waals surface area (Å²) in [4.78, 5) is 33.4. The van der Waals surface area contributed by atoms with E-state index in [0.717, 1.165) is 5.56 Å². The van der Waals surface area contributed by atoms with E-state index in [9.17, 15) is 9.59 Å². The van der Waals surface area contributed by atoms with Gasteiger partial charge in [-0.15, -0.1) is 0 Å². The zero-order valence-electron chi connectivity index (χ0n) is 13.6. The highest BCUT2D eigenvalue weighted by Gasteiger charge is 2.49. The second-order valence-electron chi connectivity index (χ2n) is 6.50. The van der Waals surface area contributed by atoms with E-state index in [2.05, 4.69) is 4.98 Å². The molecule has 2 amide bonds. The lowest BCUT2D eigenvalue weighted by Gasteiger charge is -2.24. The molecule has 3 rings (SSSR count). The molecule has 2 saturated heterocycles. The maximum absolute atomic E-state index is 12.5. The minimum absolute atomic E-state index is 0.0732. The predicted octanol–water partition coefficient (Wildman–Crippen LogP) is 0.567. The Morgan fingerprint density at radius 1 is 1.39 bits per heavy atom. The smallest absolute Gasteiger partial charge is 0.410 e. The lowest BCUT2D eigenvalue weighted by molar-refractivity contribution is -0.132. The highest BCUT2D eigenvalue weighted by molar-refractivity contribution is 5.79. The van der Waals surface area contributed by atoms with E-state index in [1.54, 1.807) is 29.2 Å². The summed E-state index contributed by atoms with van der Waals surface area (Å²) in [5, 5.41) is 0. The van der Waals surface area contributed by atoms with Crippen molar-refractivity contribution in [1.82, 2.24) is 19.7 Å². The van der Waals surface area contributed by atoms with E-state index in [0.29, 0.717) is 39.1 Å². The van der Waals surface area contributed by atoms with Gasteiger partial charge in [-0.25, -0.2) is 4.79 Å². The Morgan fingerprint density at radius 2 is 2.13 bits per heavy atom. The zero-order chi connectivity index (χ0) is 16.4. The van der Waals surface area contributed by atoms with Crippen molar-refractivity contribution in [1.29, 1.82) is 0 Å². The summed E-state index contributed by atoms with van der Waals surface area (Å²) in [5.74, 6) is 0.0732. The molecule has 0 aromatic carbocycles. The minimum Gasteiger partial charge on any atom is -0.439 e. The van der Waals surface area contributed by atoms with Gasteiger partial charge < -0.3 is 14.5 Å². The van der Waals surface area contributed by atoms with Gasteiger partial charge in [-0.1, -0.05) is 0 Å². The van der Waals surface area contributed by atoms with Gasteiger partial charge in [0.15, 0.2) is 5.60 Å². The van der Waals surface area contributed by atoms with Crippen LogP contribution in [0, 0.1) is 0 Å². The molecule has 7 heteroatoms. The highest BCUT2D eigenvalue weighted by atomic mass is 16.6. The third-order valence-electron chi connectivity index (χ3n) is 4.42. The fourth-order valence-corrected chi connectivity index (χ4v) is 3.25. The van der Waals surface area contributed by atoms with Crippen LogP contribution in [-0.2, 0) is 16.1 Å². The van der Waals surface area contributed by atoms with Crippen LogP contribution in [0.25, 0.3) is 0 Å². The Balaban J connectivity index is 1.52. The highest BCUT2D eigenvalue weighted by Crippen LogP contribution is 2.31. The first kappa shape index (κ1) is 15.7. The fourth-order valence-electron chi connectivity index (χ4n) is 3.25. The van der Waals surface area contributed by atoms with Gasteiger partial charge in [0.05, 0.1) is 19.6 Å². The molecule has 2 aliphatic heterocycles. The SMILES string of the molecule is CN(CC(=O)N1CCC2(CN(C)C(=O)O2)C1)Cc1ccncc1. The number of hydrogen-bond acceptors (Lipinski definition) is 5. The summed E-state index contributed by atoms with van der Waals surface area (Å²) in [5.41, 5.74) is 0.616. The number of aromatic nitrogens is 1. The van der Waals surface area contributed by atoms with E-state index in [1.807, 2.05) is 24.1 Å². The van der Waals surface area contributed by atoms with E-state index < -0.39 is 5.60 Å². The fraction of sp³-hybridized carbons (Fsp3) is 0.562. The maximum Gasteiger partial charge on any atom is 0.410 e. The van der Waals surface area contributed by atoms with E-state index >= 15 is 0 Å². The number of likely N-dealkylation sites (tertiary alicyclic amines) is 1. The quantitative estimate of drug-likeness (QED) is 0.812. The van der Waals surface area contributed by atoms with Crippen LogP contribution < -0.4 is 0 Å². The molecule has 23 heavy (non-hydrogen) atoms. The van der Waals surface area contributed by atoms with Crippen LogP contribution in [0.1, 0.15) is 12.0 Å². The first-order chi connectivity index (χ1) is 11.0. The topological polar surface area (TPSA) is 66.0 Å². The number of ether oxygens (including phenoxy) is 1. The zero-order valence-corrected chi connectivity index (χ0v) is 13.6. The summed E-state index contributed by atoms with van der Waals surface area (Å²) in [6.07, 6.45) is 3.91. The molecule has 0 aliphatic carbocycles. The molecule has 1 aromatic rings. The molecule has 2 aliphatic rings. The molecule has 0 saturated carbocycles. The van der Waals surface area contributed by atoms with Crippen LogP contribution >= 0.6 is 0 Å². The van der Waals surface area contributed by atoms with Gasteiger partial charge in [-0.2, -0.15) is 0 Å². The average molecular weight is 318 g/mol. The predicted molar refractivity (Wildman–Crippen MR) is 83.6 cm³/mol. The van der Waals surface area contributed by atoms with Crippen molar-refractivity contribution in [3.05, 3.63) is 30.1 Å². The van der Waals surface area contributed by atoms with Crippen LogP contribution in [0.15, 0.2) is 24.5 Å². The van der Waals surface area contributed by atoms with Gasteiger partial charge in [0.25, 0.3) is 0 Å². The van der Waals surface area contributed by atoms with E-state index in [4.69, 9.17) is 4.74 Å². The van der Waals surface area contributed by atoms with Crippen LogP contribution in [-0.4, -0.2) is 77.6 Å². The summed E-state index contributed by atoms with van der Waals surface area (Å²) in [6, 6.07) is 3.89. The molecule has 1 aromatic heterocycles. The molecule has 0 N–H and O–H groups in total. The Kier molecular flexibility index (Phi) is 4.21. The maximum atomic E-state index is 12.5. The number of carbonyl (C=O) groups is 2. The van der Waals surface area contributed by atoms with Crippen molar-refractivity contribution >= 4 is 12.0 Å². The third-order valence-corrected chi connectivity index (χ3v) is 4.42. The molecule has 7 nitrogen and oxygen atoms in total. The Morgan fingerprint density at radius 3 is 2.78 bits per heavy atom. The normalized spacial score (nSPS) is 23.9. The molecular formula is C16H22N4O3. The van der Waals surface area contributed by atoms with Crippen molar-refractivity contribution in [2.24, 2.45) is 0 Å². The van der Waals surface area contributed by atoms with Crippen molar-refractivity contribution in [2.75, 3.05) is 40.3 Å². The number of nitrogens with zero attached hydrogens (tertiary/aromatic N) is 4. The summed E-state index contributed by atoms with van der Waals surface area (Å²) in [6.45, 7) is 2.74. The lowest BCUT2D eigenvalue weighted by Crippen LogP contribution is -2.42. The molecule has 3 heterocycles. The number of hydrogen-bond donors (Lipinski definition) is 0. The van der Waals surface area contributed by atoms with Crippen LogP contribution in [0.3, 0.4) is 0 Å². The molecule has 2 fully saturated rings. The molecular weight excluding hydrogens is 296 g/mol. The van der Waals surface area contributed by atoms with Crippen molar-refractivity contribution in [2.45, 2.75) is 18.6 Å². The third kappa shape index (κ3) is 3.44. The number of amides is 2. The molecule has 0 radical (unpaired) electrons. The number of rotatable bonds is 4. The van der Waals surface area contributed by atoms with Gasteiger partial charge in [0.2, 0.25) is 5.91 Å². The van der Waals surface area contributed by atoms with Gasteiger partial charge in [0.1, 0.15) is 0 Å².